The quantitative estimate of drug-likeness (QED) is 0.610. The van der Waals surface area contributed by atoms with Crippen molar-refractivity contribution in [3.05, 3.63) is 59.7 Å². The third-order valence-corrected chi connectivity index (χ3v) is 9.04. The second kappa shape index (κ2) is 9.72. The fraction of sp³-hybridized carbons (Fsp3) is 0.435. The molecule has 0 saturated carbocycles. The number of piperidine rings is 1. The van der Waals surface area contributed by atoms with Crippen molar-refractivity contribution >= 4 is 25.8 Å². The maximum Gasteiger partial charge on any atom is 0.243 e. The molecule has 0 radical (unpaired) electrons. The zero-order valence-corrected chi connectivity index (χ0v) is 20.3. The van der Waals surface area contributed by atoms with Gasteiger partial charge in [0.25, 0.3) is 0 Å². The van der Waals surface area contributed by atoms with E-state index in [-0.39, 0.29) is 28.2 Å². The molecule has 1 heterocycles. The molecule has 1 amide bonds. The summed E-state index contributed by atoms with van der Waals surface area (Å²) < 4.78 is 50.3. The van der Waals surface area contributed by atoms with E-state index in [1.165, 1.54) is 4.31 Å². The summed E-state index contributed by atoms with van der Waals surface area (Å²) in [4.78, 5) is 14.9. The lowest BCUT2D eigenvalue weighted by Crippen LogP contribution is -2.35. The summed E-state index contributed by atoms with van der Waals surface area (Å²) in [6.45, 7) is 2.98. The van der Waals surface area contributed by atoms with Gasteiger partial charge in [0, 0.05) is 26.4 Å². The molecule has 174 valence electrons. The Kier molecular flexibility index (Phi) is 7.42. The number of hydrogen-bond acceptors (Lipinski definition) is 5. The fourth-order valence-corrected chi connectivity index (χ4v) is 5.91. The molecular weight excluding hydrogens is 448 g/mol. The maximum absolute atomic E-state index is 12.8. The molecule has 0 N–H and O–H groups in total. The Balaban J connectivity index is 1.66. The Bertz CT molecular complexity index is 1150. The Labute approximate surface area is 191 Å². The summed E-state index contributed by atoms with van der Waals surface area (Å²) in [6, 6.07) is 12.8. The second-order valence-corrected chi connectivity index (χ2v) is 12.3. The summed E-state index contributed by atoms with van der Waals surface area (Å²) in [5, 5.41) is 0. The van der Waals surface area contributed by atoms with E-state index in [0.717, 1.165) is 36.6 Å². The zero-order chi connectivity index (χ0) is 23.5. The number of likely N-dealkylation sites (N-methyl/N-ethyl adjacent to an activating group) is 1. The monoisotopic (exact) mass is 478 g/mol. The molecule has 1 atom stereocenters. The van der Waals surface area contributed by atoms with Crippen molar-refractivity contribution in [2.45, 2.75) is 48.4 Å². The third-order valence-electron chi connectivity index (χ3n) is 6.00. The normalized spacial score (nSPS) is 16.5. The van der Waals surface area contributed by atoms with Crippen LogP contribution in [0.25, 0.3) is 0 Å². The van der Waals surface area contributed by atoms with Gasteiger partial charge in [0.2, 0.25) is 15.9 Å². The minimum absolute atomic E-state index is 0.115. The van der Waals surface area contributed by atoms with Crippen molar-refractivity contribution < 1.29 is 21.6 Å². The SMILES string of the molecule is CC(c1ccc(S(C)(=O)=O)cc1)N(C)C(=O)Cc1ccc(S(=O)(=O)N2CCCCC2)cc1. The third kappa shape index (κ3) is 5.57. The lowest BCUT2D eigenvalue weighted by atomic mass is 10.1. The molecule has 1 fully saturated rings. The van der Waals surface area contributed by atoms with E-state index in [0.29, 0.717) is 13.1 Å². The molecule has 1 unspecified atom stereocenters. The van der Waals surface area contributed by atoms with Crippen molar-refractivity contribution in [2.24, 2.45) is 0 Å². The van der Waals surface area contributed by atoms with Crippen LogP contribution in [0.1, 0.15) is 43.4 Å². The fourth-order valence-electron chi connectivity index (χ4n) is 3.77. The molecule has 7 nitrogen and oxygen atoms in total. The average Bonchev–Trinajstić information content (AvgIpc) is 2.78. The first-order valence-corrected chi connectivity index (χ1v) is 14.0. The molecule has 32 heavy (non-hydrogen) atoms. The minimum Gasteiger partial charge on any atom is -0.339 e. The lowest BCUT2D eigenvalue weighted by Gasteiger charge is -2.26. The van der Waals surface area contributed by atoms with Gasteiger partial charge in [0.1, 0.15) is 0 Å². The van der Waals surface area contributed by atoms with Crippen molar-refractivity contribution in [1.82, 2.24) is 9.21 Å². The number of sulfonamides is 1. The van der Waals surface area contributed by atoms with Crippen molar-refractivity contribution in [3.8, 4) is 0 Å². The Morgan fingerprint density at radius 1 is 0.906 bits per heavy atom. The van der Waals surface area contributed by atoms with E-state index in [9.17, 15) is 21.6 Å². The standard InChI is InChI=1S/C23H30N2O5S2/c1-18(20-9-13-21(14-10-20)31(3,27)28)24(2)23(26)17-19-7-11-22(12-8-19)32(29,30)25-15-5-4-6-16-25/h7-14,18H,4-6,15-17H2,1-3H3. The van der Waals surface area contributed by atoms with Gasteiger partial charge in [0.05, 0.1) is 22.3 Å². The van der Waals surface area contributed by atoms with Crippen LogP contribution in [-0.2, 0) is 31.1 Å². The minimum atomic E-state index is -3.49. The molecule has 0 spiro atoms. The van der Waals surface area contributed by atoms with Gasteiger partial charge < -0.3 is 4.90 Å². The molecule has 9 heteroatoms. The van der Waals surface area contributed by atoms with Gasteiger partial charge in [-0.05, 0) is 55.2 Å². The van der Waals surface area contributed by atoms with Gasteiger partial charge in [-0.25, -0.2) is 16.8 Å². The highest BCUT2D eigenvalue weighted by Crippen LogP contribution is 2.23. The first kappa shape index (κ1) is 24.4. The number of hydrogen-bond donors (Lipinski definition) is 0. The van der Waals surface area contributed by atoms with Gasteiger partial charge in [0.15, 0.2) is 9.84 Å². The number of amides is 1. The number of nitrogens with zero attached hydrogens (tertiary/aromatic N) is 2. The van der Waals surface area contributed by atoms with Crippen LogP contribution < -0.4 is 0 Å². The molecular formula is C23H30N2O5S2. The maximum atomic E-state index is 12.8. The predicted molar refractivity (Wildman–Crippen MR) is 123 cm³/mol. The summed E-state index contributed by atoms with van der Waals surface area (Å²) in [5.41, 5.74) is 1.57. The van der Waals surface area contributed by atoms with Crippen LogP contribution in [0.4, 0.5) is 0 Å². The Hall–Kier alpha value is -2.23. The highest BCUT2D eigenvalue weighted by molar-refractivity contribution is 7.90. The van der Waals surface area contributed by atoms with Gasteiger partial charge in [-0.15, -0.1) is 0 Å². The van der Waals surface area contributed by atoms with Crippen LogP contribution in [-0.4, -0.2) is 58.3 Å². The smallest absolute Gasteiger partial charge is 0.243 e. The van der Waals surface area contributed by atoms with Gasteiger partial charge in [-0.1, -0.05) is 30.7 Å². The van der Waals surface area contributed by atoms with Crippen LogP contribution in [0.3, 0.4) is 0 Å². The van der Waals surface area contributed by atoms with Gasteiger partial charge in [-0.2, -0.15) is 4.31 Å². The number of carbonyl (C=O) groups excluding carboxylic acids is 1. The molecule has 1 aliphatic rings. The van der Waals surface area contributed by atoms with E-state index in [2.05, 4.69) is 0 Å². The van der Waals surface area contributed by atoms with E-state index in [4.69, 9.17) is 0 Å². The van der Waals surface area contributed by atoms with Gasteiger partial charge >= 0.3 is 0 Å². The summed E-state index contributed by atoms with van der Waals surface area (Å²) >= 11 is 0. The van der Waals surface area contributed by atoms with E-state index in [1.807, 2.05) is 6.92 Å². The highest BCUT2D eigenvalue weighted by atomic mass is 32.2. The van der Waals surface area contributed by atoms with E-state index in [1.54, 1.807) is 60.5 Å². The van der Waals surface area contributed by atoms with Gasteiger partial charge in [-0.3, -0.25) is 4.79 Å². The van der Waals surface area contributed by atoms with Crippen LogP contribution >= 0.6 is 0 Å². The van der Waals surface area contributed by atoms with Crippen LogP contribution in [0, 0.1) is 0 Å². The first-order valence-electron chi connectivity index (χ1n) is 10.6. The summed E-state index contributed by atoms with van der Waals surface area (Å²) in [6.07, 6.45) is 4.12. The lowest BCUT2D eigenvalue weighted by molar-refractivity contribution is -0.131. The molecule has 0 aromatic heterocycles. The molecule has 2 aromatic carbocycles. The summed E-state index contributed by atoms with van der Waals surface area (Å²) in [5.74, 6) is -0.115. The van der Waals surface area contributed by atoms with Crippen LogP contribution in [0.2, 0.25) is 0 Å². The summed E-state index contributed by atoms with van der Waals surface area (Å²) in [7, 11) is -5.06. The average molecular weight is 479 g/mol. The van der Waals surface area contributed by atoms with Crippen molar-refractivity contribution in [2.75, 3.05) is 26.4 Å². The second-order valence-electron chi connectivity index (χ2n) is 8.31. The number of benzene rings is 2. The first-order chi connectivity index (χ1) is 15.0. The zero-order valence-electron chi connectivity index (χ0n) is 18.7. The molecule has 0 aliphatic carbocycles. The van der Waals surface area contributed by atoms with Crippen LogP contribution in [0.15, 0.2) is 58.3 Å². The largest absolute Gasteiger partial charge is 0.339 e. The molecule has 1 saturated heterocycles. The Morgan fingerprint density at radius 3 is 1.97 bits per heavy atom. The molecule has 1 aliphatic heterocycles. The highest BCUT2D eigenvalue weighted by Gasteiger charge is 2.26. The predicted octanol–water partition coefficient (Wildman–Crippen LogP) is 3.03. The topological polar surface area (TPSA) is 91.8 Å². The van der Waals surface area contributed by atoms with Crippen molar-refractivity contribution in [1.29, 1.82) is 0 Å². The Morgan fingerprint density at radius 2 is 1.44 bits per heavy atom. The molecule has 2 aromatic rings. The number of rotatable bonds is 7. The molecule has 0 bridgehead atoms. The van der Waals surface area contributed by atoms with Crippen molar-refractivity contribution in [3.63, 3.8) is 0 Å². The number of sulfone groups is 1. The van der Waals surface area contributed by atoms with Crippen LogP contribution in [0.5, 0.6) is 0 Å². The molecule has 3 rings (SSSR count). The number of carbonyl (C=O) groups is 1. The van der Waals surface area contributed by atoms with E-state index < -0.39 is 19.9 Å². The van der Waals surface area contributed by atoms with E-state index >= 15 is 0 Å².